The van der Waals surface area contributed by atoms with Crippen LogP contribution in [0.15, 0.2) is 85.5 Å². The first kappa shape index (κ1) is 21.3. The fourth-order valence-corrected chi connectivity index (χ4v) is 5.98. The molecule has 5 rings (SSSR count). The van der Waals surface area contributed by atoms with Crippen molar-refractivity contribution in [3.63, 3.8) is 0 Å². The molecule has 166 valence electrons. The van der Waals surface area contributed by atoms with Crippen LogP contribution in [0.25, 0.3) is 5.69 Å². The Morgan fingerprint density at radius 3 is 2.67 bits per heavy atom. The molecule has 7 nitrogen and oxygen atoms in total. The van der Waals surface area contributed by atoms with E-state index in [1.54, 1.807) is 47.4 Å². The summed E-state index contributed by atoms with van der Waals surface area (Å²) in [5.41, 5.74) is -0.0296. The van der Waals surface area contributed by atoms with Gasteiger partial charge in [0.15, 0.2) is 0 Å². The van der Waals surface area contributed by atoms with Gasteiger partial charge in [-0.1, -0.05) is 30.3 Å². The molecule has 0 radical (unpaired) electrons. The van der Waals surface area contributed by atoms with Crippen molar-refractivity contribution in [2.24, 2.45) is 4.99 Å². The number of rotatable bonds is 4. The van der Waals surface area contributed by atoms with Crippen molar-refractivity contribution in [3.8, 4) is 17.3 Å². The van der Waals surface area contributed by atoms with Gasteiger partial charge in [-0.2, -0.15) is 0 Å². The largest absolute Gasteiger partial charge is 0.495 e. The number of aromatic nitrogens is 2. The van der Waals surface area contributed by atoms with Crippen LogP contribution in [-0.4, -0.2) is 27.5 Å². The van der Waals surface area contributed by atoms with Gasteiger partial charge in [-0.15, -0.1) is 23.1 Å². The zero-order valence-corrected chi connectivity index (χ0v) is 19.2. The lowest BCUT2D eigenvalue weighted by Gasteiger charge is -2.16. The van der Waals surface area contributed by atoms with Gasteiger partial charge in [0, 0.05) is 21.4 Å². The first-order valence-corrected chi connectivity index (χ1v) is 11.9. The van der Waals surface area contributed by atoms with Gasteiger partial charge in [0.1, 0.15) is 11.3 Å². The van der Waals surface area contributed by atoms with Gasteiger partial charge in [0.2, 0.25) is 5.88 Å². The normalized spacial score (nSPS) is 15.4. The minimum Gasteiger partial charge on any atom is -0.495 e. The van der Waals surface area contributed by atoms with Gasteiger partial charge in [0.05, 0.1) is 24.2 Å². The van der Waals surface area contributed by atoms with Crippen LogP contribution < -0.4 is 16.0 Å². The van der Waals surface area contributed by atoms with E-state index in [4.69, 9.17) is 9.73 Å². The zero-order chi connectivity index (χ0) is 22.9. The average molecular weight is 478 g/mol. The van der Waals surface area contributed by atoms with E-state index in [0.717, 1.165) is 14.3 Å². The van der Waals surface area contributed by atoms with Gasteiger partial charge in [0.25, 0.3) is 5.56 Å². The third-order valence-corrected chi connectivity index (χ3v) is 7.77. The van der Waals surface area contributed by atoms with Gasteiger partial charge in [-0.3, -0.25) is 14.8 Å². The number of thioether (sulfide) groups is 1. The molecule has 0 aliphatic carbocycles. The summed E-state index contributed by atoms with van der Waals surface area (Å²) in [5.74, 6) is -0.0885. The molecule has 0 saturated carbocycles. The lowest BCUT2D eigenvalue weighted by molar-refractivity contribution is 0.401. The van der Waals surface area contributed by atoms with Crippen molar-refractivity contribution >= 4 is 34.5 Å². The Morgan fingerprint density at radius 2 is 1.88 bits per heavy atom. The third kappa shape index (κ3) is 3.90. The number of fused-ring (bicyclic) bond motifs is 1. The molecule has 0 saturated heterocycles. The summed E-state index contributed by atoms with van der Waals surface area (Å²) >= 11 is 3.30. The lowest BCUT2D eigenvalue weighted by atomic mass is 10.1. The number of ether oxygens (including phenoxy) is 1. The molecule has 33 heavy (non-hydrogen) atoms. The van der Waals surface area contributed by atoms with Crippen LogP contribution in [-0.2, 0) is 0 Å². The van der Waals surface area contributed by atoms with Crippen LogP contribution in [0.2, 0.25) is 0 Å². The van der Waals surface area contributed by atoms with Crippen LogP contribution in [0.4, 0.5) is 5.69 Å². The van der Waals surface area contributed by atoms with E-state index in [-0.39, 0.29) is 10.8 Å². The van der Waals surface area contributed by atoms with Crippen LogP contribution in [0.1, 0.15) is 22.1 Å². The van der Waals surface area contributed by atoms with E-state index >= 15 is 0 Å². The zero-order valence-electron chi connectivity index (χ0n) is 17.5. The smallest absolute Gasteiger partial charge is 0.335 e. The summed E-state index contributed by atoms with van der Waals surface area (Å²) in [7, 11) is 1.47. The number of aromatic amines is 1. The number of hydrogen-bond donors (Lipinski definition) is 2. The highest BCUT2D eigenvalue weighted by atomic mass is 32.2. The van der Waals surface area contributed by atoms with Crippen molar-refractivity contribution in [2.45, 2.75) is 16.6 Å². The number of thiophene rings is 1. The highest BCUT2D eigenvalue weighted by Gasteiger charge is 2.28. The maximum Gasteiger partial charge on any atom is 0.335 e. The second-order valence-corrected chi connectivity index (χ2v) is 9.54. The van der Waals surface area contributed by atoms with E-state index in [0.29, 0.717) is 29.3 Å². The van der Waals surface area contributed by atoms with E-state index in [2.05, 4.69) is 4.98 Å². The van der Waals surface area contributed by atoms with Gasteiger partial charge in [-0.25, -0.2) is 9.36 Å². The predicted octanol–water partition coefficient (Wildman–Crippen LogP) is 4.66. The van der Waals surface area contributed by atoms with E-state index in [1.807, 2.05) is 41.8 Å². The molecule has 1 atom stereocenters. The molecule has 0 amide bonds. The monoisotopic (exact) mass is 477 g/mol. The third-order valence-electron chi connectivity index (χ3n) is 5.33. The molecule has 0 fully saturated rings. The van der Waals surface area contributed by atoms with Crippen molar-refractivity contribution in [2.75, 3.05) is 7.11 Å². The molecular formula is C24H19N3O4S2. The molecule has 1 aliphatic heterocycles. The SMILES string of the molecule is COc1ccccc1-n1c(O)c(C2=Nc3ccccc3S[C@@H](c3cccs3)C2)c(=O)[nH]c1=O. The summed E-state index contributed by atoms with van der Waals surface area (Å²) in [6.45, 7) is 0. The van der Waals surface area contributed by atoms with Crippen LogP contribution in [0.3, 0.4) is 0 Å². The molecule has 2 N–H and O–H groups in total. The summed E-state index contributed by atoms with van der Waals surface area (Å²) < 4.78 is 6.41. The number of hydrogen-bond acceptors (Lipinski definition) is 7. The molecule has 4 aromatic rings. The second kappa shape index (κ2) is 8.76. The highest BCUT2D eigenvalue weighted by molar-refractivity contribution is 7.99. The van der Waals surface area contributed by atoms with Crippen LogP contribution >= 0.6 is 23.1 Å². The summed E-state index contributed by atoms with van der Waals surface area (Å²) in [4.78, 5) is 34.9. The molecule has 0 unspecified atom stereocenters. The summed E-state index contributed by atoms with van der Waals surface area (Å²) in [5, 5.41) is 13.2. The summed E-state index contributed by atoms with van der Waals surface area (Å²) in [6.07, 6.45) is 0.403. The average Bonchev–Trinajstić information content (AvgIpc) is 3.28. The van der Waals surface area contributed by atoms with Crippen molar-refractivity contribution in [1.82, 2.24) is 9.55 Å². The molecule has 9 heteroatoms. The number of aliphatic imine (C=N–C) groups is 1. The first-order chi connectivity index (χ1) is 16.1. The fourth-order valence-electron chi connectivity index (χ4n) is 3.83. The molecule has 3 heterocycles. The topological polar surface area (TPSA) is 96.7 Å². The highest BCUT2D eigenvalue weighted by Crippen LogP contribution is 2.46. The maximum absolute atomic E-state index is 13.0. The van der Waals surface area contributed by atoms with Crippen molar-refractivity contribution < 1.29 is 9.84 Å². The van der Waals surface area contributed by atoms with Crippen LogP contribution in [0, 0.1) is 0 Å². The first-order valence-electron chi connectivity index (χ1n) is 10.2. The molecule has 0 spiro atoms. The van der Waals surface area contributed by atoms with Gasteiger partial charge in [-0.05, 0) is 35.7 Å². The van der Waals surface area contributed by atoms with E-state index in [1.165, 1.54) is 7.11 Å². The van der Waals surface area contributed by atoms with Crippen LogP contribution in [0.5, 0.6) is 11.6 Å². The Kier molecular flexibility index (Phi) is 5.65. The molecule has 1 aliphatic rings. The lowest BCUT2D eigenvalue weighted by Crippen LogP contribution is -2.33. The number of para-hydroxylation sites is 3. The Morgan fingerprint density at radius 1 is 1.09 bits per heavy atom. The maximum atomic E-state index is 13.0. The van der Waals surface area contributed by atoms with E-state index in [9.17, 15) is 14.7 Å². The number of H-pyrrole nitrogens is 1. The van der Waals surface area contributed by atoms with Crippen molar-refractivity contribution in [1.29, 1.82) is 0 Å². The number of nitrogens with zero attached hydrogens (tertiary/aromatic N) is 2. The molecule has 2 aromatic carbocycles. The molecular weight excluding hydrogens is 458 g/mol. The Hall–Kier alpha value is -3.56. The minimum absolute atomic E-state index is 0.00200. The van der Waals surface area contributed by atoms with Crippen molar-refractivity contribution in [3.05, 3.63) is 97.3 Å². The Bertz CT molecular complexity index is 1470. The molecule has 0 bridgehead atoms. The quantitative estimate of drug-likeness (QED) is 0.446. The van der Waals surface area contributed by atoms with E-state index < -0.39 is 17.1 Å². The minimum atomic E-state index is -0.760. The number of nitrogens with one attached hydrogen (secondary N) is 1. The Balaban J connectivity index is 1.74. The predicted molar refractivity (Wildman–Crippen MR) is 131 cm³/mol. The standard InChI is InChI=1S/C24H19N3O4S2/c1-31-17-9-4-3-8-16(17)27-23(29)21(22(28)26-24(27)30)15-13-20(19-11-6-12-32-19)33-18-10-5-2-7-14(18)25-15/h2-12,20,29H,13H2,1H3,(H,26,28,30)/t20-/m1/s1. The Labute approximate surface area is 197 Å². The number of benzene rings is 2. The fraction of sp³-hybridized carbons (Fsp3) is 0.125. The summed E-state index contributed by atoms with van der Waals surface area (Å²) in [6, 6.07) is 18.5. The number of methoxy groups -OCH3 is 1. The number of aromatic hydroxyl groups is 1. The molecule has 2 aromatic heterocycles. The van der Waals surface area contributed by atoms with Gasteiger partial charge < -0.3 is 9.84 Å². The second-order valence-electron chi connectivity index (χ2n) is 7.32. The van der Waals surface area contributed by atoms with Gasteiger partial charge >= 0.3 is 5.69 Å².